The minimum atomic E-state index is -0.826. The van der Waals surface area contributed by atoms with Gasteiger partial charge in [-0.05, 0) is 45.4 Å². The Morgan fingerprint density at radius 2 is 1.02 bits per heavy atom. The molecule has 0 aliphatic carbocycles. The molecule has 6 aromatic carbocycles. The zero-order valence-electron chi connectivity index (χ0n) is 31.4. The fourth-order valence-corrected chi connectivity index (χ4v) is 5.90. The van der Waals surface area contributed by atoms with Crippen LogP contribution in [-0.4, -0.2) is 9.52 Å². The minimum absolute atomic E-state index is 0.204. The number of rotatable bonds is 4. The van der Waals surface area contributed by atoms with E-state index in [1.54, 1.807) is 0 Å². The maximum atomic E-state index is 4.93. The molecule has 0 aliphatic heterocycles. The van der Waals surface area contributed by atoms with E-state index in [1.807, 2.05) is 0 Å². The van der Waals surface area contributed by atoms with Crippen molar-refractivity contribution in [3.05, 3.63) is 131 Å². The van der Waals surface area contributed by atoms with Crippen LogP contribution in [0.1, 0.15) is 90.5 Å². The maximum absolute atomic E-state index is 4.93. The molecule has 0 amide bonds. The molecule has 0 fully saturated rings. The van der Waals surface area contributed by atoms with Crippen LogP contribution < -0.4 is 0 Å². The Labute approximate surface area is 318 Å². The number of hydrogen-bond donors (Lipinski definition) is 0. The Morgan fingerprint density at radius 1 is 0.633 bits per heavy atom. The van der Waals surface area contributed by atoms with E-state index in [-0.39, 0.29) is 10.8 Å². The van der Waals surface area contributed by atoms with E-state index in [9.17, 15) is 0 Å². The first-order valence-electron chi connectivity index (χ1n) is 17.3. The summed E-state index contributed by atoms with van der Waals surface area (Å²) >= 11 is -0.826. The Kier molecular flexibility index (Phi) is 15.9. The zero-order chi connectivity index (χ0) is 36.4. The molecule has 0 unspecified atom stereocenters. The molecule has 6 rings (SSSR count). The average molecular weight is 785 g/mol. The quantitative estimate of drug-likeness (QED) is 0.123. The Hall–Kier alpha value is -2.22. The third-order valence-electron chi connectivity index (χ3n) is 8.78. The van der Waals surface area contributed by atoms with Crippen LogP contribution in [0.4, 0.5) is 0 Å². The topological polar surface area (TPSA) is 0 Å². The van der Waals surface area contributed by atoms with E-state index in [1.165, 1.54) is 66.1 Å². The molecular weight excluding hydrogens is 731 g/mol. The van der Waals surface area contributed by atoms with E-state index in [2.05, 4.69) is 185 Å². The molecule has 0 N–H and O–H groups in total. The molecule has 0 aliphatic rings. The molecule has 0 spiro atoms. The molecule has 0 heterocycles. The Balaban J connectivity index is 0.000000229. The summed E-state index contributed by atoms with van der Waals surface area (Å²) in [6, 6.07) is 40.6. The van der Waals surface area contributed by atoms with Gasteiger partial charge in [0.05, 0.1) is 0 Å². The van der Waals surface area contributed by atoms with Crippen molar-refractivity contribution in [3.8, 4) is 22.3 Å². The van der Waals surface area contributed by atoms with Crippen molar-refractivity contribution in [2.75, 3.05) is 0 Å². The summed E-state index contributed by atoms with van der Waals surface area (Å²) in [5.74, 6) is 0.573. The van der Waals surface area contributed by atoms with Gasteiger partial charge in [0.1, 0.15) is 0 Å². The predicted molar refractivity (Wildman–Crippen MR) is 220 cm³/mol. The van der Waals surface area contributed by atoms with Crippen molar-refractivity contribution in [1.29, 1.82) is 0 Å². The van der Waals surface area contributed by atoms with Gasteiger partial charge >= 0.3 is 37.9 Å². The molecule has 256 valence electrons. The number of hydrogen-bond acceptors (Lipinski definition) is 0. The summed E-state index contributed by atoms with van der Waals surface area (Å²) in [4.78, 5) is 0. The molecular formula is C45H54Cl2SiZr. The van der Waals surface area contributed by atoms with Gasteiger partial charge in [-0.3, -0.25) is 0 Å². The monoisotopic (exact) mass is 782 g/mol. The van der Waals surface area contributed by atoms with Crippen molar-refractivity contribution in [3.63, 3.8) is 0 Å². The molecule has 0 saturated carbocycles. The number of benzene rings is 4. The van der Waals surface area contributed by atoms with Crippen LogP contribution in [0.3, 0.4) is 0 Å². The second-order valence-corrected chi connectivity index (χ2v) is 19.7. The standard InChI is InChI=1S/C22H25.C21H23.C2H6Si.2ClH.Zr/c1-15(2)18-13-17-7-6-8-20(21(17)14-18)16-9-11-19(12-10-16)22(3,4)5;1-5-15-13-17-7-6-8-19(20(17)14-15)16-9-11-18(12-10-16)21(2,3)4;1-3-2;;;/h6-15H,1-5H3;6-14H,5H2,1-4H3;1-2H3;2*1H;/q2*-1;;;;+4/p-2. The first-order valence-corrected chi connectivity index (χ1v) is 25.7. The Morgan fingerprint density at radius 3 is 1.39 bits per heavy atom. The predicted octanol–water partition coefficient (Wildman–Crippen LogP) is 14.9. The summed E-state index contributed by atoms with van der Waals surface area (Å²) < 4.78 is 0. The summed E-state index contributed by atoms with van der Waals surface area (Å²) in [6.07, 6.45) is 1.09. The zero-order valence-corrected chi connectivity index (χ0v) is 36.4. The summed E-state index contributed by atoms with van der Waals surface area (Å²) in [7, 11) is 11.0. The molecule has 6 aromatic rings. The van der Waals surface area contributed by atoms with Gasteiger partial charge in [0.2, 0.25) is 0 Å². The molecule has 49 heavy (non-hydrogen) atoms. The first-order chi connectivity index (χ1) is 23.2. The summed E-state index contributed by atoms with van der Waals surface area (Å²) in [5.41, 5.74) is 11.3. The Bertz CT molecular complexity index is 1860. The molecule has 0 nitrogen and oxygen atoms in total. The van der Waals surface area contributed by atoms with Gasteiger partial charge in [-0.25, -0.2) is 0 Å². The van der Waals surface area contributed by atoms with Crippen molar-refractivity contribution in [2.24, 2.45) is 0 Å². The van der Waals surface area contributed by atoms with Crippen molar-refractivity contribution in [1.82, 2.24) is 0 Å². The van der Waals surface area contributed by atoms with Gasteiger partial charge in [0.25, 0.3) is 0 Å². The molecule has 4 heteroatoms. The second-order valence-electron chi connectivity index (χ2n) is 15.0. The van der Waals surface area contributed by atoms with E-state index in [0.29, 0.717) is 5.92 Å². The van der Waals surface area contributed by atoms with Crippen LogP contribution in [0.2, 0.25) is 13.1 Å². The van der Waals surface area contributed by atoms with E-state index < -0.39 is 20.8 Å². The number of halogens is 2. The summed E-state index contributed by atoms with van der Waals surface area (Å²) in [5, 5.41) is 5.44. The fraction of sp³-hybridized carbons (Fsp3) is 0.333. The number of fused-ring (bicyclic) bond motifs is 2. The molecule has 0 saturated heterocycles. The fourth-order valence-electron chi connectivity index (χ4n) is 5.90. The van der Waals surface area contributed by atoms with Crippen molar-refractivity contribution < 1.29 is 20.8 Å². The van der Waals surface area contributed by atoms with Gasteiger partial charge in [-0.2, -0.15) is 12.1 Å². The molecule has 0 atom stereocenters. The van der Waals surface area contributed by atoms with E-state index >= 15 is 0 Å². The van der Waals surface area contributed by atoms with Gasteiger partial charge in [0.15, 0.2) is 0 Å². The van der Waals surface area contributed by atoms with Crippen LogP contribution in [0, 0.1) is 0 Å². The SMILES string of the molecule is CC(C)c1cc2c(-c3ccc(C(C)(C)C)cc3)cccc2[cH-]1.CCc1cc2c(-c3ccc(C(C)(C)C)cc3)cccc2[cH-]1.C[Si]C.[Cl][Zr+2][Cl]. The third-order valence-corrected chi connectivity index (χ3v) is 8.78. The van der Waals surface area contributed by atoms with Gasteiger partial charge in [-0.15, -0.1) is 69.1 Å². The second kappa shape index (κ2) is 18.9. The van der Waals surface area contributed by atoms with Gasteiger partial charge in [-0.1, -0.05) is 147 Å². The normalized spacial score (nSPS) is 11.2. The molecule has 2 radical (unpaired) electrons. The van der Waals surface area contributed by atoms with Gasteiger partial charge in [0, 0.05) is 9.52 Å². The van der Waals surface area contributed by atoms with E-state index in [4.69, 9.17) is 17.0 Å². The molecule has 0 bridgehead atoms. The average Bonchev–Trinajstić information content (AvgIpc) is 3.70. The van der Waals surface area contributed by atoms with Crippen LogP contribution in [0.15, 0.2) is 109 Å². The summed E-state index contributed by atoms with van der Waals surface area (Å²) in [6.45, 7) is 24.6. The number of aryl methyl sites for hydroxylation is 1. The van der Waals surface area contributed by atoms with E-state index in [0.717, 1.165) is 15.9 Å². The van der Waals surface area contributed by atoms with Crippen molar-refractivity contribution in [2.45, 2.75) is 98.6 Å². The molecule has 0 aromatic heterocycles. The van der Waals surface area contributed by atoms with Crippen LogP contribution >= 0.6 is 17.0 Å². The third kappa shape index (κ3) is 11.4. The van der Waals surface area contributed by atoms with Crippen LogP contribution in [-0.2, 0) is 38.1 Å². The van der Waals surface area contributed by atoms with Crippen LogP contribution in [0.5, 0.6) is 0 Å². The van der Waals surface area contributed by atoms with Gasteiger partial charge < -0.3 is 0 Å². The van der Waals surface area contributed by atoms with Crippen molar-refractivity contribution >= 4 is 48.1 Å². The first kappa shape index (κ1) is 41.2. The van der Waals surface area contributed by atoms with Crippen LogP contribution in [0.25, 0.3) is 43.8 Å².